The molecule has 0 aromatic carbocycles. The van der Waals surface area contributed by atoms with Crippen molar-refractivity contribution >= 4 is 0 Å². The molecular formula is C12H21N3O2. The van der Waals surface area contributed by atoms with Gasteiger partial charge in [-0.3, -0.25) is 0 Å². The fourth-order valence-electron chi connectivity index (χ4n) is 2.16. The average Bonchev–Trinajstić information content (AvgIpc) is 2.95. The predicted molar refractivity (Wildman–Crippen MR) is 63.5 cm³/mol. The molecule has 5 nitrogen and oxygen atoms in total. The van der Waals surface area contributed by atoms with Crippen LogP contribution in [-0.4, -0.2) is 22.9 Å². The minimum atomic E-state index is -0.158. The predicted octanol–water partition coefficient (Wildman–Crippen LogP) is 2.01. The van der Waals surface area contributed by atoms with Crippen LogP contribution in [0.3, 0.4) is 0 Å². The fourth-order valence-corrected chi connectivity index (χ4v) is 2.16. The molecule has 96 valence electrons. The van der Waals surface area contributed by atoms with Crippen molar-refractivity contribution in [2.24, 2.45) is 11.7 Å². The summed E-state index contributed by atoms with van der Waals surface area (Å²) >= 11 is 0. The van der Waals surface area contributed by atoms with Gasteiger partial charge in [0.25, 0.3) is 0 Å². The highest BCUT2D eigenvalue weighted by Gasteiger charge is 2.33. The Kier molecular flexibility index (Phi) is 3.79. The average molecular weight is 239 g/mol. The summed E-state index contributed by atoms with van der Waals surface area (Å²) in [4.78, 5) is 4.43. The Hall–Kier alpha value is -0.940. The van der Waals surface area contributed by atoms with Gasteiger partial charge >= 0.3 is 0 Å². The second kappa shape index (κ2) is 5.14. The van der Waals surface area contributed by atoms with E-state index in [2.05, 4.69) is 17.1 Å². The Morgan fingerprint density at radius 2 is 2.24 bits per heavy atom. The SMILES string of the molecule is CCC1OCCC1c1nc(C(N)C(C)C)no1. The van der Waals surface area contributed by atoms with Crippen LogP contribution in [0.2, 0.25) is 0 Å². The lowest BCUT2D eigenvalue weighted by atomic mass is 9.99. The van der Waals surface area contributed by atoms with E-state index in [4.69, 9.17) is 15.0 Å². The molecule has 2 rings (SSSR count). The van der Waals surface area contributed by atoms with E-state index in [-0.39, 0.29) is 18.1 Å². The highest BCUT2D eigenvalue weighted by Crippen LogP contribution is 2.32. The Balaban J connectivity index is 2.12. The minimum Gasteiger partial charge on any atom is -0.377 e. The first-order valence-corrected chi connectivity index (χ1v) is 6.34. The highest BCUT2D eigenvalue weighted by molar-refractivity contribution is 5.02. The zero-order valence-corrected chi connectivity index (χ0v) is 10.7. The molecule has 0 radical (unpaired) electrons. The van der Waals surface area contributed by atoms with Gasteiger partial charge in [-0.2, -0.15) is 4.98 Å². The first-order valence-electron chi connectivity index (χ1n) is 6.34. The van der Waals surface area contributed by atoms with Crippen molar-refractivity contribution < 1.29 is 9.26 Å². The van der Waals surface area contributed by atoms with E-state index < -0.39 is 0 Å². The van der Waals surface area contributed by atoms with Crippen molar-refractivity contribution in [3.8, 4) is 0 Å². The molecule has 0 bridgehead atoms. The van der Waals surface area contributed by atoms with Crippen molar-refractivity contribution in [1.29, 1.82) is 0 Å². The van der Waals surface area contributed by atoms with Crippen molar-refractivity contribution in [2.45, 2.75) is 51.7 Å². The van der Waals surface area contributed by atoms with Crippen molar-refractivity contribution in [2.75, 3.05) is 6.61 Å². The van der Waals surface area contributed by atoms with Gasteiger partial charge in [-0.05, 0) is 18.8 Å². The summed E-state index contributed by atoms with van der Waals surface area (Å²) in [5, 5.41) is 3.98. The van der Waals surface area contributed by atoms with Crippen LogP contribution in [0.4, 0.5) is 0 Å². The van der Waals surface area contributed by atoms with E-state index in [1.807, 2.05) is 13.8 Å². The van der Waals surface area contributed by atoms with Crippen molar-refractivity contribution in [3.05, 3.63) is 11.7 Å². The van der Waals surface area contributed by atoms with Gasteiger partial charge in [0.15, 0.2) is 5.82 Å². The number of ether oxygens (including phenoxy) is 1. The van der Waals surface area contributed by atoms with Crippen LogP contribution in [-0.2, 0) is 4.74 Å². The summed E-state index contributed by atoms with van der Waals surface area (Å²) in [7, 11) is 0. The molecule has 1 saturated heterocycles. The molecule has 17 heavy (non-hydrogen) atoms. The quantitative estimate of drug-likeness (QED) is 0.870. The van der Waals surface area contributed by atoms with Crippen LogP contribution in [0.5, 0.6) is 0 Å². The number of nitrogens with two attached hydrogens (primary N) is 1. The third-order valence-electron chi connectivity index (χ3n) is 3.40. The van der Waals surface area contributed by atoms with Gasteiger partial charge < -0.3 is 15.0 Å². The molecular weight excluding hydrogens is 218 g/mol. The van der Waals surface area contributed by atoms with Gasteiger partial charge in [-0.15, -0.1) is 0 Å². The molecule has 0 saturated carbocycles. The van der Waals surface area contributed by atoms with Crippen LogP contribution in [0.25, 0.3) is 0 Å². The molecule has 1 fully saturated rings. The molecule has 2 heterocycles. The standard InChI is InChI=1S/C12H21N3O2/c1-4-9-8(5-6-16-9)12-14-11(15-17-12)10(13)7(2)3/h7-10H,4-6,13H2,1-3H3. The molecule has 1 aliphatic rings. The largest absolute Gasteiger partial charge is 0.377 e. The monoisotopic (exact) mass is 239 g/mol. The summed E-state index contributed by atoms with van der Waals surface area (Å²) in [6.07, 6.45) is 2.13. The first kappa shape index (κ1) is 12.5. The lowest BCUT2D eigenvalue weighted by Crippen LogP contribution is -2.18. The molecule has 1 aromatic heterocycles. The molecule has 0 aliphatic carbocycles. The number of rotatable bonds is 4. The van der Waals surface area contributed by atoms with Gasteiger partial charge in [-0.1, -0.05) is 25.9 Å². The Morgan fingerprint density at radius 1 is 1.47 bits per heavy atom. The normalized spacial score (nSPS) is 26.6. The van der Waals surface area contributed by atoms with E-state index in [1.165, 1.54) is 0 Å². The number of aromatic nitrogens is 2. The molecule has 0 amide bonds. The van der Waals surface area contributed by atoms with E-state index in [1.54, 1.807) is 0 Å². The first-order chi connectivity index (χ1) is 8.13. The second-order valence-corrected chi connectivity index (χ2v) is 4.97. The summed E-state index contributed by atoms with van der Waals surface area (Å²) < 4.78 is 11.0. The Morgan fingerprint density at radius 3 is 2.88 bits per heavy atom. The summed E-state index contributed by atoms with van der Waals surface area (Å²) in [5.41, 5.74) is 6.00. The van der Waals surface area contributed by atoms with Crippen LogP contribution in [0, 0.1) is 5.92 Å². The zero-order chi connectivity index (χ0) is 12.4. The molecule has 2 N–H and O–H groups in total. The van der Waals surface area contributed by atoms with Gasteiger partial charge in [0, 0.05) is 6.61 Å². The van der Waals surface area contributed by atoms with E-state index in [0.29, 0.717) is 17.6 Å². The third kappa shape index (κ3) is 2.50. The Bertz CT molecular complexity index is 364. The molecule has 3 atom stereocenters. The van der Waals surface area contributed by atoms with Crippen molar-refractivity contribution in [1.82, 2.24) is 10.1 Å². The summed E-state index contributed by atoms with van der Waals surface area (Å²) in [5.74, 6) is 1.83. The number of hydrogen-bond acceptors (Lipinski definition) is 5. The smallest absolute Gasteiger partial charge is 0.232 e. The van der Waals surface area contributed by atoms with Gasteiger partial charge in [-0.25, -0.2) is 0 Å². The molecule has 3 unspecified atom stereocenters. The lowest BCUT2D eigenvalue weighted by Gasteiger charge is -2.12. The number of nitrogens with zero attached hydrogens (tertiary/aromatic N) is 2. The van der Waals surface area contributed by atoms with Crippen LogP contribution >= 0.6 is 0 Å². The molecule has 0 spiro atoms. The van der Waals surface area contributed by atoms with E-state index in [0.717, 1.165) is 19.4 Å². The lowest BCUT2D eigenvalue weighted by molar-refractivity contribution is 0.0953. The third-order valence-corrected chi connectivity index (χ3v) is 3.40. The summed E-state index contributed by atoms with van der Waals surface area (Å²) in [6, 6.07) is -0.158. The second-order valence-electron chi connectivity index (χ2n) is 4.97. The fraction of sp³-hybridized carbons (Fsp3) is 0.833. The van der Waals surface area contributed by atoms with Gasteiger partial charge in [0.2, 0.25) is 5.89 Å². The zero-order valence-electron chi connectivity index (χ0n) is 10.7. The maximum Gasteiger partial charge on any atom is 0.232 e. The van der Waals surface area contributed by atoms with Crippen LogP contribution in [0.15, 0.2) is 4.52 Å². The Labute approximate surface area is 102 Å². The molecule has 5 heteroatoms. The summed E-state index contributed by atoms with van der Waals surface area (Å²) in [6.45, 7) is 6.99. The van der Waals surface area contributed by atoms with Crippen LogP contribution in [0.1, 0.15) is 57.3 Å². The molecule has 1 aliphatic heterocycles. The maximum atomic E-state index is 6.00. The van der Waals surface area contributed by atoms with Gasteiger partial charge in [0.05, 0.1) is 18.1 Å². The molecule has 1 aromatic rings. The number of hydrogen-bond donors (Lipinski definition) is 1. The van der Waals surface area contributed by atoms with E-state index in [9.17, 15) is 0 Å². The maximum absolute atomic E-state index is 6.00. The highest BCUT2D eigenvalue weighted by atomic mass is 16.5. The van der Waals surface area contributed by atoms with E-state index >= 15 is 0 Å². The van der Waals surface area contributed by atoms with Crippen LogP contribution < -0.4 is 5.73 Å². The van der Waals surface area contributed by atoms with Crippen molar-refractivity contribution in [3.63, 3.8) is 0 Å². The topological polar surface area (TPSA) is 74.2 Å². The van der Waals surface area contributed by atoms with Gasteiger partial charge in [0.1, 0.15) is 0 Å². The minimum absolute atomic E-state index is 0.158.